The molecule has 0 radical (unpaired) electrons. The highest BCUT2D eigenvalue weighted by atomic mass is 32.2. The van der Waals surface area contributed by atoms with Crippen molar-refractivity contribution < 1.29 is 0 Å². The summed E-state index contributed by atoms with van der Waals surface area (Å²) in [5.41, 5.74) is 6.49. The number of pyridine rings is 1. The van der Waals surface area contributed by atoms with Crippen molar-refractivity contribution in [3.8, 4) is 6.07 Å². The number of hydrogen-bond acceptors (Lipinski definition) is 7. The number of nitrogens with zero attached hydrogens (tertiary/aromatic N) is 4. The third-order valence-electron chi connectivity index (χ3n) is 1.68. The van der Waals surface area contributed by atoms with Gasteiger partial charge in [-0.3, -0.25) is 0 Å². The largest absolute Gasteiger partial charge is 0.397 e. The van der Waals surface area contributed by atoms with E-state index in [1.54, 1.807) is 6.07 Å². The summed E-state index contributed by atoms with van der Waals surface area (Å²) >= 11 is 2.79. The van der Waals surface area contributed by atoms with Gasteiger partial charge in [0, 0.05) is 0 Å². The quantitative estimate of drug-likeness (QED) is 0.873. The molecule has 2 heterocycles. The Labute approximate surface area is 100 Å². The monoisotopic (exact) mass is 249 g/mol. The molecule has 2 N–H and O–H groups in total. The molecule has 2 aromatic rings. The highest BCUT2D eigenvalue weighted by molar-refractivity contribution is 8.01. The number of aryl methyl sites for hydroxylation is 1. The fourth-order valence-electron chi connectivity index (χ4n) is 1.03. The molecule has 16 heavy (non-hydrogen) atoms. The standard InChI is InChI=1S/C9H7N5S2/c1-5-13-14-9(15-5)16-8-6(3-10)2-7(11)4-12-8/h2,4H,11H2,1H3. The van der Waals surface area contributed by atoms with Crippen LogP contribution in [0.2, 0.25) is 0 Å². The van der Waals surface area contributed by atoms with Crippen LogP contribution in [0.25, 0.3) is 0 Å². The molecule has 2 rings (SSSR count). The van der Waals surface area contributed by atoms with Crippen molar-refractivity contribution in [3.05, 3.63) is 22.8 Å². The Balaban J connectivity index is 2.31. The Morgan fingerprint density at radius 3 is 2.94 bits per heavy atom. The lowest BCUT2D eigenvalue weighted by Gasteiger charge is -1.99. The molecule has 0 aliphatic heterocycles. The van der Waals surface area contributed by atoms with Crippen molar-refractivity contribution in [2.45, 2.75) is 16.3 Å². The van der Waals surface area contributed by atoms with Gasteiger partial charge in [0.05, 0.1) is 17.4 Å². The number of anilines is 1. The van der Waals surface area contributed by atoms with E-state index >= 15 is 0 Å². The Hall–Kier alpha value is -1.65. The van der Waals surface area contributed by atoms with Crippen LogP contribution in [0.1, 0.15) is 10.6 Å². The van der Waals surface area contributed by atoms with Gasteiger partial charge in [-0.25, -0.2) is 4.98 Å². The second kappa shape index (κ2) is 4.47. The van der Waals surface area contributed by atoms with Gasteiger partial charge in [-0.05, 0) is 24.8 Å². The molecule has 0 bridgehead atoms. The lowest BCUT2D eigenvalue weighted by molar-refractivity contribution is 0.980. The van der Waals surface area contributed by atoms with Crippen LogP contribution in [0, 0.1) is 18.3 Å². The van der Waals surface area contributed by atoms with Crippen LogP contribution < -0.4 is 5.73 Å². The minimum Gasteiger partial charge on any atom is -0.397 e. The zero-order chi connectivity index (χ0) is 11.5. The Morgan fingerprint density at radius 2 is 2.31 bits per heavy atom. The fraction of sp³-hybridized carbons (Fsp3) is 0.111. The van der Waals surface area contributed by atoms with Crippen LogP contribution in [0.15, 0.2) is 21.6 Å². The summed E-state index contributed by atoms with van der Waals surface area (Å²) in [6.45, 7) is 1.88. The normalized spacial score (nSPS) is 10.0. The first kappa shape index (κ1) is 10.9. The van der Waals surface area contributed by atoms with Gasteiger partial charge >= 0.3 is 0 Å². The highest BCUT2D eigenvalue weighted by Gasteiger charge is 2.09. The van der Waals surface area contributed by atoms with Gasteiger partial charge in [0.15, 0.2) is 4.34 Å². The SMILES string of the molecule is Cc1nnc(Sc2ncc(N)cc2C#N)s1. The lowest BCUT2D eigenvalue weighted by atomic mass is 10.3. The van der Waals surface area contributed by atoms with E-state index in [0.29, 0.717) is 16.3 Å². The summed E-state index contributed by atoms with van der Waals surface area (Å²) in [7, 11) is 0. The summed E-state index contributed by atoms with van der Waals surface area (Å²) in [6, 6.07) is 3.66. The highest BCUT2D eigenvalue weighted by Crippen LogP contribution is 2.30. The van der Waals surface area contributed by atoms with Gasteiger partial charge in [-0.15, -0.1) is 10.2 Å². The molecule has 0 amide bonds. The van der Waals surface area contributed by atoms with Crippen LogP contribution in [-0.2, 0) is 0 Å². The topological polar surface area (TPSA) is 88.5 Å². The zero-order valence-corrected chi connectivity index (χ0v) is 9.97. The molecular weight excluding hydrogens is 242 g/mol. The maximum Gasteiger partial charge on any atom is 0.180 e. The molecular formula is C9H7N5S2. The summed E-state index contributed by atoms with van der Waals surface area (Å²) in [4.78, 5) is 4.11. The van der Waals surface area contributed by atoms with Crippen molar-refractivity contribution >= 4 is 28.8 Å². The molecule has 2 aromatic heterocycles. The van der Waals surface area contributed by atoms with Crippen LogP contribution in [0.4, 0.5) is 5.69 Å². The van der Waals surface area contributed by atoms with Gasteiger partial charge < -0.3 is 5.73 Å². The van der Waals surface area contributed by atoms with Crippen molar-refractivity contribution in [2.75, 3.05) is 5.73 Å². The molecule has 0 atom stereocenters. The lowest BCUT2D eigenvalue weighted by Crippen LogP contribution is -1.91. The second-order valence-corrected chi connectivity index (χ2v) is 5.34. The number of nitriles is 1. The molecule has 0 unspecified atom stereocenters. The molecule has 80 valence electrons. The van der Waals surface area contributed by atoms with E-state index in [0.717, 1.165) is 9.35 Å². The Morgan fingerprint density at radius 1 is 1.50 bits per heavy atom. The summed E-state index contributed by atoms with van der Waals surface area (Å²) < 4.78 is 0.770. The third kappa shape index (κ3) is 2.29. The van der Waals surface area contributed by atoms with E-state index in [2.05, 4.69) is 21.3 Å². The maximum atomic E-state index is 8.93. The Bertz CT molecular complexity index is 557. The first-order valence-electron chi connectivity index (χ1n) is 4.32. The van der Waals surface area contributed by atoms with Crippen molar-refractivity contribution in [1.29, 1.82) is 5.26 Å². The van der Waals surface area contributed by atoms with E-state index in [1.165, 1.54) is 29.3 Å². The molecule has 0 saturated carbocycles. The zero-order valence-electron chi connectivity index (χ0n) is 8.34. The van der Waals surface area contributed by atoms with Crippen molar-refractivity contribution in [1.82, 2.24) is 15.2 Å². The Kier molecular flexibility index (Phi) is 3.03. The van der Waals surface area contributed by atoms with E-state index in [4.69, 9.17) is 11.0 Å². The minimum atomic E-state index is 0.456. The van der Waals surface area contributed by atoms with E-state index < -0.39 is 0 Å². The average molecular weight is 249 g/mol. The van der Waals surface area contributed by atoms with E-state index in [1.807, 2.05) is 6.92 Å². The van der Waals surface area contributed by atoms with Gasteiger partial charge in [0.25, 0.3) is 0 Å². The summed E-state index contributed by atoms with van der Waals surface area (Å²) in [5, 5.41) is 18.3. The number of rotatable bonds is 2. The third-order valence-corrected chi connectivity index (χ3v) is 3.59. The van der Waals surface area contributed by atoms with Crippen molar-refractivity contribution in [2.24, 2.45) is 0 Å². The van der Waals surface area contributed by atoms with Crippen LogP contribution in [0.5, 0.6) is 0 Å². The molecule has 7 heteroatoms. The van der Waals surface area contributed by atoms with Crippen molar-refractivity contribution in [3.63, 3.8) is 0 Å². The van der Waals surface area contributed by atoms with E-state index in [9.17, 15) is 0 Å². The molecule has 5 nitrogen and oxygen atoms in total. The maximum absolute atomic E-state index is 8.93. The summed E-state index contributed by atoms with van der Waals surface area (Å²) in [6.07, 6.45) is 1.52. The van der Waals surface area contributed by atoms with Crippen LogP contribution in [0.3, 0.4) is 0 Å². The predicted octanol–water partition coefficient (Wildman–Crippen LogP) is 1.85. The molecule has 0 aromatic carbocycles. The fourth-order valence-corrected chi connectivity index (χ4v) is 2.78. The van der Waals surface area contributed by atoms with Gasteiger partial charge in [-0.2, -0.15) is 5.26 Å². The number of hydrogen-bond donors (Lipinski definition) is 1. The minimum absolute atomic E-state index is 0.456. The number of aromatic nitrogens is 3. The smallest absolute Gasteiger partial charge is 0.180 e. The average Bonchev–Trinajstić information content (AvgIpc) is 2.67. The summed E-state index contributed by atoms with van der Waals surface area (Å²) in [5.74, 6) is 0. The van der Waals surface area contributed by atoms with Gasteiger partial charge in [0.2, 0.25) is 0 Å². The molecule has 0 aliphatic carbocycles. The molecule has 0 fully saturated rings. The molecule has 0 spiro atoms. The van der Waals surface area contributed by atoms with Gasteiger partial charge in [0.1, 0.15) is 16.1 Å². The first-order valence-corrected chi connectivity index (χ1v) is 5.96. The van der Waals surface area contributed by atoms with Crippen LogP contribution >= 0.6 is 23.1 Å². The van der Waals surface area contributed by atoms with Gasteiger partial charge in [-0.1, -0.05) is 11.3 Å². The van der Waals surface area contributed by atoms with Crippen LogP contribution in [-0.4, -0.2) is 15.2 Å². The molecule has 0 saturated heterocycles. The predicted molar refractivity (Wildman–Crippen MR) is 62.1 cm³/mol. The molecule has 0 aliphatic rings. The number of nitrogens with two attached hydrogens (primary N) is 1. The van der Waals surface area contributed by atoms with E-state index in [-0.39, 0.29) is 0 Å². The first-order chi connectivity index (χ1) is 7.69. The second-order valence-electron chi connectivity index (χ2n) is 2.92. The number of nitrogen functional groups attached to an aromatic ring is 1.